The van der Waals surface area contributed by atoms with Gasteiger partial charge in [-0.05, 0) is 44.0 Å². The first-order valence-corrected chi connectivity index (χ1v) is 10.2. The summed E-state index contributed by atoms with van der Waals surface area (Å²) >= 11 is 1.04. The molecule has 3 N–H and O–H groups in total. The van der Waals surface area contributed by atoms with Gasteiger partial charge in [-0.1, -0.05) is 11.8 Å². The summed E-state index contributed by atoms with van der Waals surface area (Å²) in [6, 6.07) is 4.87. The smallest absolute Gasteiger partial charge is 0.316 e. The fraction of sp³-hybridized carbons (Fsp3) is 0.333. The standard InChI is InChI=1S/C21H25N3O6S/c1-11-12(2)19(20(22)27)21(23-13(11)3)31-10-18(26)30-9-17(25)24-14-6-7-15(28-4)16(8-14)29-5/h6-8H,9-10H2,1-5H3,(H2,22,27)(H,24,25). The number of carbonyl (C=O) groups is 3. The van der Waals surface area contributed by atoms with Gasteiger partial charge in [0.25, 0.3) is 11.8 Å². The third kappa shape index (κ3) is 6.11. The summed E-state index contributed by atoms with van der Waals surface area (Å²) in [5.74, 6) is -0.897. The zero-order valence-electron chi connectivity index (χ0n) is 18.0. The summed E-state index contributed by atoms with van der Waals surface area (Å²) < 4.78 is 15.3. The van der Waals surface area contributed by atoms with Crippen LogP contribution in [0.2, 0.25) is 0 Å². The van der Waals surface area contributed by atoms with Crippen LogP contribution < -0.4 is 20.5 Å². The van der Waals surface area contributed by atoms with Crippen LogP contribution in [0.25, 0.3) is 0 Å². The lowest BCUT2D eigenvalue weighted by Crippen LogP contribution is -2.22. The van der Waals surface area contributed by atoms with Gasteiger partial charge in [-0.25, -0.2) is 4.98 Å². The highest BCUT2D eigenvalue weighted by atomic mass is 32.2. The van der Waals surface area contributed by atoms with E-state index in [1.54, 1.807) is 25.1 Å². The molecule has 2 amide bonds. The minimum Gasteiger partial charge on any atom is -0.493 e. The molecule has 0 bridgehead atoms. The van der Waals surface area contributed by atoms with Crippen LogP contribution in [-0.2, 0) is 14.3 Å². The summed E-state index contributed by atoms with van der Waals surface area (Å²) in [6.07, 6.45) is 0. The van der Waals surface area contributed by atoms with E-state index in [0.29, 0.717) is 22.2 Å². The van der Waals surface area contributed by atoms with E-state index < -0.39 is 24.4 Å². The van der Waals surface area contributed by atoms with E-state index in [0.717, 1.165) is 28.6 Å². The van der Waals surface area contributed by atoms with Gasteiger partial charge < -0.3 is 25.3 Å². The number of amides is 2. The van der Waals surface area contributed by atoms with Gasteiger partial charge in [0.1, 0.15) is 5.03 Å². The second-order valence-corrected chi connectivity index (χ2v) is 7.52. The van der Waals surface area contributed by atoms with Gasteiger partial charge in [-0.3, -0.25) is 14.4 Å². The van der Waals surface area contributed by atoms with E-state index in [2.05, 4.69) is 10.3 Å². The topological polar surface area (TPSA) is 130 Å². The van der Waals surface area contributed by atoms with Crippen molar-refractivity contribution in [3.8, 4) is 11.5 Å². The van der Waals surface area contributed by atoms with Crippen molar-refractivity contribution in [3.63, 3.8) is 0 Å². The number of nitrogens with two attached hydrogens (primary N) is 1. The fourth-order valence-electron chi connectivity index (χ4n) is 2.73. The molecule has 2 rings (SSSR count). The largest absolute Gasteiger partial charge is 0.493 e. The number of hydrogen-bond acceptors (Lipinski definition) is 8. The van der Waals surface area contributed by atoms with Crippen molar-refractivity contribution in [3.05, 3.63) is 40.6 Å². The quantitative estimate of drug-likeness (QED) is 0.443. The highest BCUT2D eigenvalue weighted by Crippen LogP contribution is 2.30. The molecule has 0 fully saturated rings. The molecule has 0 aliphatic heterocycles. The number of anilines is 1. The van der Waals surface area contributed by atoms with Crippen LogP contribution in [0.4, 0.5) is 5.69 Å². The molecular formula is C21H25N3O6S. The molecule has 0 aliphatic rings. The highest BCUT2D eigenvalue weighted by molar-refractivity contribution is 8.00. The predicted octanol–water partition coefficient (Wildman–Crippen LogP) is 2.40. The van der Waals surface area contributed by atoms with E-state index in [-0.39, 0.29) is 11.3 Å². The average Bonchev–Trinajstić information content (AvgIpc) is 2.74. The number of aryl methyl sites for hydroxylation is 1. The van der Waals surface area contributed by atoms with Gasteiger partial charge >= 0.3 is 5.97 Å². The monoisotopic (exact) mass is 447 g/mol. The lowest BCUT2D eigenvalue weighted by atomic mass is 10.0. The Labute approximate surface area is 184 Å². The number of primary amides is 1. The summed E-state index contributed by atoms with van der Waals surface area (Å²) in [5.41, 5.74) is 8.56. The number of nitrogens with zero attached hydrogens (tertiary/aromatic N) is 1. The second-order valence-electron chi connectivity index (χ2n) is 6.56. The number of hydrogen-bond donors (Lipinski definition) is 2. The molecule has 0 spiro atoms. The molecule has 31 heavy (non-hydrogen) atoms. The zero-order chi connectivity index (χ0) is 23.1. The molecule has 2 aromatic rings. The van der Waals surface area contributed by atoms with Crippen molar-refractivity contribution >= 4 is 35.2 Å². The van der Waals surface area contributed by atoms with Crippen LogP contribution in [0.1, 0.15) is 27.2 Å². The Hall–Kier alpha value is -3.27. The number of nitrogens with one attached hydrogen (secondary N) is 1. The molecule has 10 heteroatoms. The van der Waals surface area contributed by atoms with Crippen LogP contribution in [0.15, 0.2) is 23.2 Å². The number of ether oxygens (including phenoxy) is 3. The number of methoxy groups -OCH3 is 2. The minimum atomic E-state index is -0.624. The summed E-state index contributed by atoms with van der Waals surface area (Å²) in [4.78, 5) is 40.3. The first-order chi connectivity index (χ1) is 14.7. The summed E-state index contributed by atoms with van der Waals surface area (Å²) in [7, 11) is 2.99. The number of aromatic nitrogens is 1. The Kier molecular flexibility index (Phi) is 8.26. The van der Waals surface area contributed by atoms with E-state index >= 15 is 0 Å². The first-order valence-electron chi connectivity index (χ1n) is 9.25. The second kappa shape index (κ2) is 10.7. The minimum absolute atomic E-state index is 0.126. The maximum atomic E-state index is 12.1. The molecule has 1 aromatic heterocycles. The van der Waals surface area contributed by atoms with Crippen molar-refractivity contribution in [2.45, 2.75) is 25.8 Å². The molecular weight excluding hydrogens is 422 g/mol. The highest BCUT2D eigenvalue weighted by Gasteiger charge is 2.19. The molecule has 1 heterocycles. The molecule has 0 saturated carbocycles. The van der Waals surface area contributed by atoms with Crippen LogP contribution in [0.5, 0.6) is 11.5 Å². The van der Waals surface area contributed by atoms with Crippen LogP contribution in [0.3, 0.4) is 0 Å². The Morgan fingerprint density at radius 3 is 2.35 bits per heavy atom. The van der Waals surface area contributed by atoms with Gasteiger partial charge in [-0.2, -0.15) is 0 Å². The van der Waals surface area contributed by atoms with Crippen LogP contribution in [-0.4, -0.2) is 49.3 Å². The van der Waals surface area contributed by atoms with Crippen molar-refractivity contribution < 1.29 is 28.6 Å². The van der Waals surface area contributed by atoms with Crippen LogP contribution >= 0.6 is 11.8 Å². The van der Waals surface area contributed by atoms with Gasteiger partial charge in [0.05, 0.1) is 25.5 Å². The van der Waals surface area contributed by atoms with Gasteiger partial charge in [0.15, 0.2) is 18.1 Å². The van der Waals surface area contributed by atoms with E-state index in [1.165, 1.54) is 14.2 Å². The van der Waals surface area contributed by atoms with Crippen molar-refractivity contribution in [1.82, 2.24) is 4.98 Å². The Morgan fingerprint density at radius 1 is 1.06 bits per heavy atom. The van der Waals surface area contributed by atoms with E-state index in [4.69, 9.17) is 19.9 Å². The molecule has 0 aliphatic carbocycles. The molecule has 1 aromatic carbocycles. The first kappa shape index (κ1) is 24.0. The molecule has 0 atom stereocenters. The maximum absolute atomic E-state index is 12.1. The molecule has 0 radical (unpaired) electrons. The number of esters is 1. The third-order valence-electron chi connectivity index (χ3n) is 4.57. The van der Waals surface area contributed by atoms with E-state index in [1.807, 2.05) is 13.8 Å². The van der Waals surface area contributed by atoms with Crippen molar-refractivity contribution in [2.24, 2.45) is 5.73 Å². The van der Waals surface area contributed by atoms with Gasteiger partial charge in [0, 0.05) is 17.4 Å². The Bertz CT molecular complexity index is 1010. The predicted molar refractivity (Wildman–Crippen MR) is 117 cm³/mol. The SMILES string of the molecule is COc1ccc(NC(=O)COC(=O)CSc2nc(C)c(C)c(C)c2C(N)=O)cc1OC. The lowest BCUT2D eigenvalue weighted by molar-refractivity contribution is -0.144. The number of thioether (sulfide) groups is 1. The lowest BCUT2D eigenvalue weighted by Gasteiger charge is -2.13. The Balaban J connectivity index is 1.93. The summed E-state index contributed by atoms with van der Waals surface area (Å²) in [6.45, 7) is 4.98. The van der Waals surface area contributed by atoms with Gasteiger partial charge in [-0.15, -0.1) is 0 Å². The maximum Gasteiger partial charge on any atom is 0.316 e. The third-order valence-corrected chi connectivity index (χ3v) is 5.52. The van der Waals surface area contributed by atoms with Crippen molar-refractivity contribution in [1.29, 1.82) is 0 Å². The van der Waals surface area contributed by atoms with Crippen LogP contribution in [0, 0.1) is 20.8 Å². The zero-order valence-corrected chi connectivity index (χ0v) is 18.8. The molecule has 166 valence electrons. The average molecular weight is 448 g/mol. The number of pyridine rings is 1. The Morgan fingerprint density at radius 2 is 1.74 bits per heavy atom. The normalized spacial score (nSPS) is 10.4. The molecule has 0 unspecified atom stereocenters. The number of benzene rings is 1. The molecule has 0 saturated heterocycles. The van der Waals surface area contributed by atoms with Gasteiger partial charge in [0.2, 0.25) is 0 Å². The van der Waals surface area contributed by atoms with E-state index in [9.17, 15) is 14.4 Å². The number of carbonyl (C=O) groups excluding carboxylic acids is 3. The van der Waals surface area contributed by atoms with Crippen molar-refractivity contribution in [2.75, 3.05) is 31.9 Å². The number of rotatable bonds is 9. The summed E-state index contributed by atoms with van der Waals surface area (Å²) in [5, 5.41) is 2.97. The fourth-order valence-corrected chi connectivity index (χ4v) is 3.67. The molecule has 9 nitrogen and oxygen atoms in total.